The van der Waals surface area contributed by atoms with E-state index in [1.165, 1.54) is 0 Å². The van der Waals surface area contributed by atoms with E-state index >= 15 is 0 Å². The number of nitrogens with one attached hydrogen (secondary N) is 2. The van der Waals surface area contributed by atoms with Gasteiger partial charge in [0.2, 0.25) is 5.91 Å². The maximum Gasteiger partial charge on any atom is 0.255 e. The topological polar surface area (TPSA) is 78.4 Å². The first-order valence-electron chi connectivity index (χ1n) is 7.48. The molecule has 120 valence electrons. The molecule has 2 rings (SSSR count). The molecule has 0 aliphatic rings. The maximum absolute atomic E-state index is 12.2. The van der Waals surface area contributed by atoms with E-state index in [1.54, 1.807) is 17.6 Å². The number of hydrogen-bond donors (Lipinski definition) is 3. The largest absolute Gasteiger partial charge is 0.322 e. The number of aryl methyl sites for hydroxylation is 2. The molecule has 0 fully saturated rings. The Kier molecular flexibility index (Phi) is 5.88. The number of benzene rings is 2. The average molecular weight is 312 g/mol. The third-order valence-electron chi connectivity index (χ3n) is 3.49. The molecular formula is C18H20N2O3. The molecule has 2 aromatic rings. The fourth-order valence-corrected chi connectivity index (χ4v) is 2.22. The van der Waals surface area contributed by atoms with Gasteiger partial charge in [0.1, 0.15) is 0 Å². The van der Waals surface area contributed by atoms with Gasteiger partial charge in [-0.05, 0) is 49.6 Å². The zero-order chi connectivity index (χ0) is 16.7. The zero-order valence-corrected chi connectivity index (χ0v) is 13.0. The van der Waals surface area contributed by atoms with Crippen LogP contribution in [0.1, 0.15) is 34.3 Å². The van der Waals surface area contributed by atoms with Crippen LogP contribution in [0.25, 0.3) is 0 Å². The van der Waals surface area contributed by atoms with Crippen molar-refractivity contribution in [2.75, 3.05) is 5.32 Å². The summed E-state index contributed by atoms with van der Waals surface area (Å²) < 4.78 is 0. The van der Waals surface area contributed by atoms with Crippen molar-refractivity contribution >= 4 is 17.5 Å². The molecule has 23 heavy (non-hydrogen) atoms. The average Bonchev–Trinajstić information content (AvgIpc) is 2.55. The summed E-state index contributed by atoms with van der Waals surface area (Å²) in [6.07, 6.45) is 1.58. The van der Waals surface area contributed by atoms with Gasteiger partial charge >= 0.3 is 0 Å². The van der Waals surface area contributed by atoms with Gasteiger partial charge in [-0.1, -0.05) is 29.8 Å². The van der Waals surface area contributed by atoms with E-state index in [1.807, 2.05) is 43.3 Å². The maximum atomic E-state index is 12.2. The fraction of sp³-hybridized carbons (Fsp3) is 0.222. The molecule has 0 aliphatic heterocycles. The quantitative estimate of drug-likeness (QED) is 0.566. The third kappa shape index (κ3) is 5.23. The molecule has 0 aromatic heterocycles. The Morgan fingerprint density at radius 2 is 1.83 bits per heavy atom. The lowest BCUT2D eigenvalue weighted by atomic mass is 10.1. The van der Waals surface area contributed by atoms with Crippen molar-refractivity contribution in [3.05, 3.63) is 65.2 Å². The Balaban J connectivity index is 1.95. The molecule has 0 spiro atoms. The van der Waals surface area contributed by atoms with Crippen LogP contribution < -0.4 is 10.8 Å². The number of rotatable bonds is 6. The number of amides is 2. The van der Waals surface area contributed by atoms with Crippen LogP contribution in [0, 0.1) is 6.92 Å². The monoisotopic (exact) mass is 312 g/mol. The highest BCUT2D eigenvalue weighted by Gasteiger charge is 2.06. The van der Waals surface area contributed by atoms with Crippen LogP contribution in [0.2, 0.25) is 0 Å². The van der Waals surface area contributed by atoms with E-state index in [0.717, 1.165) is 16.8 Å². The summed E-state index contributed by atoms with van der Waals surface area (Å²) in [5.74, 6) is -0.546. The second-order valence-electron chi connectivity index (χ2n) is 5.41. The summed E-state index contributed by atoms with van der Waals surface area (Å²) in [6.45, 7) is 1.97. The number of anilines is 1. The molecule has 0 aliphatic carbocycles. The highest BCUT2D eigenvalue weighted by atomic mass is 16.5. The third-order valence-corrected chi connectivity index (χ3v) is 3.49. The predicted octanol–water partition coefficient (Wildman–Crippen LogP) is 3.08. The van der Waals surface area contributed by atoms with Gasteiger partial charge in [-0.2, -0.15) is 0 Å². The van der Waals surface area contributed by atoms with Crippen LogP contribution in [-0.4, -0.2) is 17.0 Å². The van der Waals surface area contributed by atoms with E-state index in [-0.39, 0.29) is 12.3 Å². The number of carbonyl (C=O) groups is 2. The molecule has 0 atom stereocenters. The van der Waals surface area contributed by atoms with Gasteiger partial charge in [0.05, 0.1) is 0 Å². The summed E-state index contributed by atoms with van der Waals surface area (Å²) in [6, 6.07) is 14.9. The van der Waals surface area contributed by atoms with Crippen LogP contribution in [0.15, 0.2) is 48.5 Å². The smallest absolute Gasteiger partial charge is 0.255 e. The lowest BCUT2D eigenvalue weighted by Crippen LogP contribution is -2.18. The van der Waals surface area contributed by atoms with Gasteiger partial charge in [-0.25, -0.2) is 5.48 Å². The Bertz CT molecular complexity index is 681. The first-order chi connectivity index (χ1) is 11.1. The van der Waals surface area contributed by atoms with Crippen molar-refractivity contribution in [3.63, 3.8) is 0 Å². The lowest BCUT2D eigenvalue weighted by molar-refractivity contribution is -0.129. The molecule has 0 heterocycles. The molecule has 3 N–H and O–H groups in total. The minimum atomic E-state index is -0.395. The van der Waals surface area contributed by atoms with Crippen molar-refractivity contribution in [3.8, 4) is 0 Å². The minimum absolute atomic E-state index is 0.151. The first kappa shape index (κ1) is 16.7. The molecule has 0 saturated carbocycles. The van der Waals surface area contributed by atoms with Gasteiger partial charge in [-0.3, -0.25) is 14.8 Å². The Labute approximate surface area is 135 Å². The summed E-state index contributed by atoms with van der Waals surface area (Å²) in [5, 5.41) is 11.3. The predicted molar refractivity (Wildman–Crippen MR) is 88.4 cm³/mol. The lowest BCUT2D eigenvalue weighted by Gasteiger charge is -2.08. The van der Waals surface area contributed by atoms with Crippen LogP contribution in [0.4, 0.5) is 5.69 Å². The SMILES string of the molecule is Cc1ccc(C(=O)Nc2cccc(CCCC(=O)NO)c2)cc1. The van der Waals surface area contributed by atoms with Crippen molar-refractivity contribution in [2.45, 2.75) is 26.2 Å². The van der Waals surface area contributed by atoms with Crippen LogP contribution >= 0.6 is 0 Å². The molecule has 5 nitrogen and oxygen atoms in total. The second-order valence-corrected chi connectivity index (χ2v) is 5.41. The number of hydrogen-bond acceptors (Lipinski definition) is 3. The molecule has 0 bridgehead atoms. The van der Waals surface area contributed by atoms with Crippen LogP contribution in [0.5, 0.6) is 0 Å². The van der Waals surface area contributed by atoms with Crippen molar-refractivity contribution in [2.24, 2.45) is 0 Å². The highest BCUT2D eigenvalue weighted by molar-refractivity contribution is 6.04. The fourth-order valence-electron chi connectivity index (χ4n) is 2.22. The summed E-state index contributed by atoms with van der Waals surface area (Å²) in [7, 11) is 0. The van der Waals surface area contributed by atoms with E-state index in [2.05, 4.69) is 5.32 Å². The second kappa shape index (κ2) is 8.10. The van der Waals surface area contributed by atoms with E-state index in [9.17, 15) is 9.59 Å². The number of carbonyl (C=O) groups excluding carboxylic acids is 2. The summed E-state index contributed by atoms with van der Waals surface area (Å²) in [4.78, 5) is 23.2. The molecule has 0 unspecified atom stereocenters. The van der Waals surface area contributed by atoms with Crippen molar-refractivity contribution < 1.29 is 14.8 Å². The van der Waals surface area contributed by atoms with Crippen molar-refractivity contribution in [1.29, 1.82) is 0 Å². The van der Waals surface area contributed by atoms with Gasteiger partial charge in [0.15, 0.2) is 0 Å². The van der Waals surface area contributed by atoms with E-state index in [0.29, 0.717) is 18.4 Å². The molecule has 2 aromatic carbocycles. The molecule has 0 radical (unpaired) electrons. The van der Waals surface area contributed by atoms with Crippen molar-refractivity contribution in [1.82, 2.24) is 5.48 Å². The Morgan fingerprint density at radius 3 is 2.52 bits per heavy atom. The highest BCUT2D eigenvalue weighted by Crippen LogP contribution is 2.14. The van der Waals surface area contributed by atoms with Gasteiger partial charge < -0.3 is 5.32 Å². The van der Waals surface area contributed by atoms with Gasteiger partial charge in [0, 0.05) is 17.7 Å². The van der Waals surface area contributed by atoms with E-state index in [4.69, 9.17) is 5.21 Å². The summed E-state index contributed by atoms with van der Waals surface area (Å²) in [5.41, 5.74) is 5.08. The number of hydroxylamine groups is 1. The Morgan fingerprint density at radius 1 is 1.09 bits per heavy atom. The normalized spacial score (nSPS) is 10.2. The Hall–Kier alpha value is -2.66. The van der Waals surface area contributed by atoms with Crippen LogP contribution in [0.3, 0.4) is 0 Å². The summed E-state index contributed by atoms with van der Waals surface area (Å²) >= 11 is 0. The molecule has 0 saturated heterocycles. The molecule has 2 amide bonds. The minimum Gasteiger partial charge on any atom is -0.322 e. The first-order valence-corrected chi connectivity index (χ1v) is 7.48. The molecule has 5 heteroatoms. The standard InChI is InChI=1S/C18H20N2O3/c1-13-8-10-15(11-9-13)18(22)19-16-6-2-4-14(12-16)5-3-7-17(21)20-23/h2,4,6,8-12,23H,3,5,7H2,1H3,(H,19,22)(H,20,21). The van der Waals surface area contributed by atoms with Crippen LogP contribution in [-0.2, 0) is 11.2 Å². The van der Waals surface area contributed by atoms with E-state index < -0.39 is 5.91 Å². The van der Waals surface area contributed by atoms with Gasteiger partial charge in [-0.15, -0.1) is 0 Å². The van der Waals surface area contributed by atoms with Gasteiger partial charge in [0.25, 0.3) is 5.91 Å². The molecular weight excluding hydrogens is 292 g/mol. The zero-order valence-electron chi connectivity index (χ0n) is 13.0.